The van der Waals surface area contributed by atoms with E-state index in [1.165, 1.54) is 6.92 Å². The lowest BCUT2D eigenvalue weighted by molar-refractivity contribution is -0.123. The molecule has 0 saturated carbocycles. The third kappa shape index (κ3) is 4.28. The maximum absolute atomic E-state index is 12.7. The number of rotatable bonds is 6. The molecular weight excluding hydrogens is 356 g/mol. The van der Waals surface area contributed by atoms with Crippen LogP contribution in [-0.2, 0) is 9.53 Å². The third-order valence-corrected chi connectivity index (χ3v) is 4.16. The SMILES string of the molecule is CCOc1ccccc1NC(=O)[C@H](C)OC(=O)c1cc(C)nc2ccccc12. The molecule has 1 N–H and O–H groups in total. The van der Waals surface area contributed by atoms with Crippen LogP contribution in [0.4, 0.5) is 5.69 Å². The highest BCUT2D eigenvalue weighted by atomic mass is 16.5. The molecule has 3 rings (SSSR count). The second-order valence-electron chi connectivity index (χ2n) is 6.29. The smallest absolute Gasteiger partial charge is 0.339 e. The van der Waals surface area contributed by atoms with Gasteiger partial charge in [0.2, 0.25) is 0 Å². The highest BCUT2D eigenvalue weighted by Crippen LogP contribution is 2.24. The van der Waals surface area contributed by atoms with Crippen LogP contribution in [0.2, 0.25) is 0 Å². The molecule has 144 valence electrons. The van der Waals surface area contributed by atoms with Crippen molar-refractivity contribution in [3.8, 4) is 5.75 Å². The zero-order chi connectivity index (χ0) is 20.1. The molecule has 0 spiro atoms. The number of ether oxygens (including phenoxy) is 2. The monoisotopic (exact) mass is 378 g/mol. The number of benzene rings is 2. The minimum Gasteiger partial charge on any atom is -0.492 e. The van der Waals surface area contributed by atoms with Gasteiger partial charge in [0.05, 0.1) is 23.4 Å². The average Bonchev–Trinajstić information content (AvgIpc) is 2.68. The quantitative estimate of drug-likeness (QED) is 0.653. The number of nitrogens with zero attached hydrogens (tertiary/aromatic N) is 1. The molecule has 0 radical (unpaired) electrons. The van der Waals surface area contributed by atoms with E-state index in [4.69, 9.17) is 9.47 Å². The fourth-order valence-electron chi connectivity index (χ4n) is 2.84. The minimum absolute atomic E-state index is 0.387. The summed E-state index contributed by atoms with van der Waals surface area (Å²) in [5, 5.41) is 3.43. The number of nitrogens with one attached hydrogen (secondary N) is 1. The van der Waals surface area contributed by atoms with Crippen molar-refractivity contribution in [1.82, 2.24) is 4.98 Å². The van der Waals surface area contributed by atoms with E-state index in [1.807, 2.05) is 38.1 Å². The van der Waals surface area contributed by atoms with Gasteiger partial charge in [0.1, 0.15) is 5.75 Å². The van der Waals surface area contributed by atoms with Crippen LogP contribution in [0.1, 0.15) is 29.9 Å². The Morgan fingerprint density at radius 2 is 1.82 bits per heavy atom. The summed E-state index contributed by atoms with van der Waals surface area (Å²) < 4.78 is 10.9. The van der Waals surface area contributed by atoms with Crippen molar-refractivity contribution in [2.45, 2.75) is 26.9 Å². The molecule has 1 aromatic heterocycles. The lowest BCUT2D eigenvalue weighted by Crippen LogP contribution is -2.30. The zero-order valence-corrected chi connectivity index (χ0v) is 16.1. The number of para-hydroxylation sites is 3. The maximum Gasteiger partial charge on any atom is 0.339 e. The zero-order valence-electron chi connectivity index (χ0n) is 16.1. The van der Waals surface area contributed by atoms with Gasteiger partial charge in [0.15, 0.2) is 6.10 Å². The Kier molecular flexibility index (Phi) is 5.89. The fraction of sp³-hybridized carbons (Fsp3) is 0.227. The van der Waals surface area contributed by atoms with Gasteiger partial charge in [-0.1, -0.05) is 30.3 Å². The van der Waals surface area contributed by atoms with Crippen LogP contribution in [0.25, 0.3) is 10.9 Å². The van der Waals surface area contributed by atoms with Crippen molar-refractivity contribution in [3.63, 3.8) is 0 Å². The summed E-state index contributed by atoms with van der Waals surface area (Å²) in [5.41, 5.74) is 2.32. The number of carbonyl (C=O) groups excluding carboxylic acids is 2. The van der Waals surface area contributed by atoms with Gasteiger partial charge in [0.25, 0.3) is 5.91 Å². The minimum atomic E-state index is -0.977. The van der Waals surface area contributed by atoms with Crippen LogP contribution in [0.3, 0.4) is 0 Å². The second-order valence-corrected chi connectivity index (χ2v) is 6.29. The fourth-order valence-corrected chi connectivity index (χ4v) is 2.84. The summed E-state index contributed by atoms with van der Waals surface area (Å²) in [6.07, 6.45) is -0.977. The largest absolute Gasteiger partial charge is 0.492 e. The molecule has 0 aliphatic heterocycles. The van der Waals surface area contributed by atoms with Gasteiger partial charge in [-0.15, -0.1) is 0 Å². The number of esters is 1. The Hall–Kier alpha value is -3.41. The van der Waals surface area contributed by atoms with Gasteiger partial charge in [-0.2, -0.15) is 0 Å². The van der Waals surface area contributed by atoms with Crippen molar-refractivity contribution >= 4 is 28.5 Å². The number of fused-ring (bicyclic) bond motifs is 1. The lowest BCUT2D eigenvalue weighted by Gasteiger charge is -2.16. The van der Waals surface area contributed by atoms with Crippen molar-refractivity contribution in [3.05, 3.63) is 65.9 Å². The number of aryl methyl sites for hydroxylation is 1. The Bertz CT molecular complexity index is 1020. The van der Waals surface area contributed by atoms with Crippen LogP contribution >= 0.6 is 0 Å². The molecule has 28 heavy (non-hydrogen) atoms. The molecule has 0 unspecified atom stereocenters. The summed E-state index contributed by atoms with van der Waals surface area (Å²) >= 11 is 0. The van der Waals surface area contributed by atoms with Crippen LogP contribution in [0.15, 0.2) is 54.6 Å². The number of pyridine rings is 1. The van der Waals surface area contributed by atoms with Gasteiger partial charge in [0, 0.05) is 11.1 Å². The van der Waals surface area contributed by atoms with Crippen molar-refractivity contribution in [2.75, 3.05) is 11.9 Å². The molecule has 6 heteroatoms. The predicted molar refractivity (Wildman–Crippen MR) is 108 cm³/mol. The third-order valence-electron chi connectivity index (χ3n) is 4.16. The van der Waals surface area contributed by atoms with Crippen molar-refractivity contribution in [1.29, 1.82) is 0 Å². The molecule has 0 fully saturated rings. The van der Waals surface area contributed by atoms with Crippen LogP contribution in [0.5, 0.6) is 5.75 Å². The Labute approximate surface area is 163 Å². The molecule has 0 saturated heterocycles. The highest BCUT2D eigenvalue weighted by Gasteiger charge is 2.22. The van der Waals surface area contributed by atoms with E-state index in [0.717, 1.165) is 0 Å². The van der Waals surface area contributed by atoms with E-state index >= 15 is 0 Å². The lowest BCUT2D eigenvalue weighted by atomic mass is 10.1. The van der Waals surface area contributed by atoms with Crippen LogP contribution in [-0.4, -0.2) is 29.6 Å². The number of amides is 1. The topological polar surface area (TPSA) is 77.5 Å². The number of anilines is 1. The first kappa shape index (κ1) is 19.4. The Morgan fingerprint density at radius 1 is 1.11 bits per heavy atom. The van der Waals surface area contributed by atoms with Crippen LogP contribution in [0, 0.1) is 6.92 Å². The standard InChI is InChI=1S/C22H22N2O4/c1-4-27-20-12-8-7-11-19(20)24-21(25)15(3)28-22(26)17-13-14(2)23-18-10-6-5-9-16(17)18/h5-13,15H,4H2,1-3H3,(H,24,25)/t15-/m0/s1. The van der Waals surface area contributed by atoms with Gasteiger partial charge in [-0.05, 0) is 45.0 Å². The van der Waals surface area contributed by atoms with E-state index in [0.29, 0.717) is 40.2 Å². The molecule has 1 heterocycles. The summed E-state index contributed by atoms with van der Waals surface area (Å²) in [5.74, 6) is -0.439. The van der Waals surface area contributed by atoms with Crippen LogP contribution < -0.4 is 10.1 Å². The second kappa shape index (κ2) is 8.52. The normalized spacial score (nSPS) is 11.7. The molecule has 1 amide bonds. The first-order valence-corrected chi connectivity index (χ1v) is 9.09. The Balaban J connectivity index is 1.75. The van der Waals surface area contributed by atoms with Gasteiger partial charge in [-0.3, -0.25) is 9.78 Å². The summed E-state index contributed by atoms with van der Waals surface area (Å²) in [6, 6.07) is 16.1. The van der Waals surface area contributed by atoms with E-state index in [2.05, 4.69) is 10.3 Å². The molecule has 2 aromatic carbocycles. The summed E-state index contributed by atoms with van der Waals surface area (Å²) in [7, 11) is 0. The Morgan fingerprint density at radius 3 is 2.61 bits per heavy atom. The number of hydrogen-bond donors (Lipinski definition) is 1. The maximum atomic E-state index is 12.7. The molecule has 3 aromatic rings. The summed E-state index contributed by atoms with van der Waals surface area (Å²) in [6.45, 7) is 5.69. The van der Waals surface area contributed by atoms with E-state index in [9.17, 15) is 9.59 Å². The van der Waals surface area contributed by atoms with E-state index in [-0.39, 0.29) is 0 Å². The number of aromatic nitrogens is 1. The average molecular weight is 378 g/mol. The van der Waals surface area contributed by atoms with Crippen molar-refractivity contribution < 1.29 is 19.1 Å². The number of carbonyl (C=O) groups is 2. The first-order valence-electron chi connectivity index (χ1n) is 9.09. The molecule has 0 bridgehead atoms. The predicted octanol–water partition coefficient (Wildman–Crippen LogP) is 4.13. The molecule has 0 aliphatic rings. The number of hydrogen-bond acceptors (Lipinski definition) is 5. The van der Waals surface area contributed by atoms with Crippen molar-refractivity contribution in [2.24, 2.45) is 0 Å². The molecular formula is C22H22N2O4. The van der Waals surface area contributed by atoms with Gasteiger partial charge in [-0.25, -0.2) is 4.79 Å². The highest BCUT2D eigenvalue weighted by molar-refractivity contribution is 6.05. The first-order chi connectivity index (χ1) is 13.5. The molecule has 6 nitrogen and oxygen atoms in total. The summed E-state index contributed by atoms with van der Waals surface area (Å²) in [4.78, 5) is 29.6. The van der Waals surface area contributed by atoms with E-state index in [1.54, 1.807) is 30.3 Å². The molecule has 0 aliphatic carbocycles. The van der Waals surface area contributed by atoms with Gasteiger partial charge < -0.3 is 14.8 Å². The van der Waals surface area contributed by atoms with E-state index < -0.39 is 18.0 Å². The van der Waals surface area contributed by atoms with Gasteiger partial charge >= 0.3 is 5.97 Å². The molecule has 1 atom stereocenters.